The van der Waals surface area contributed by atoms with Crippen LogP contribution >= 0.6 is 23.2 Å². The number of anilines is 1. The van der Waals surface area contributed by atoms with Gasteiger partial charge in [0.1, 0.15) is 4.90 Å². The van der Waals surface area contributed by atoms with E-state index < -0.39 is 29.8 Å². The zero-order valence-corrected chi connectivity index (χ0v) is 13.2. The Kier molecular flexibility index (Phi) is 4.74. The second-order valence-corrected chi connectivity index (χ2v) is 7.83. The quantitative estimate of drug-likeness (QED) is 0.680. The normalized spacial score (nSPS) is 14.1. The van der Waals surface area contributed by atoms with Crippen molar-refractivity contribution in [1.82, 2.24) is 0 Å². The summed E-state index contributed by atoms with van der Waals surface area (Å²) in [5, 5.41) is 9.93. The Balaban J connectivity index is 3.91. The topological polar surface area (TPSA) is 146 Å². The third-order valence-corrected chi connectivity index (χ3v) is 4.95. The van der Waals surface area contributed by atoms with Gasteiger partial charge < -0.3 is 5.73 Å². The second-order valence-electron chi connectivity index (χ2n) is 3.82. The van der Waals surface area contributed by atoms with Crippen LogP contribution in [0.3, 0.4) is 0 Å². The van der Waals surface area contributed by atoms with E-state index in [-0.39, 0.29) is 21.3 Å². The van der Waals surface area contributed by atoms with Crippen molar-refractivity contribution < 1.29 is 16.8 Å². The first kappa shape index (κ1) is 17.2. The van der Waals surface area contributed by atoms with E-state index in [1.807, 2.05) is 0 Å². The summed E-state index contributed by atoms with van der Waals surface area (Å²) >= 11 is 11.6. The van der Waals surface area contributed by atoms with E-state index in [9.17, 15) is 16.8 Å². The molecule has 0 aliphatic rings. The number of nitrogen functional groups attached to an aromatic ring is 1. The Bertz CT molecular complexity index is 797. The van der Waals surface area contributed by atoms with E-state index >= 15 is 0 Å². The predicted molar refractivity (Wildman–Crippen MR) is 77.9 cm³/mol. The third-order valence-electron chi connectivity index (χ3n) is 2.26. The minimum atomic E-state index is -4.26. The lowest BCUT2D eigenvalue weighted by Crippen LogP contribution is -2.19. The van der Waals surface area contributed by atoms with E-state index in [0.717, 1.165) is 12.1 Å². The minimum absolute atomic E-state index is 0.0827. The molecule has 11 heteroatoms. The highest BCUT2D eigenvalue weighted by molar-refractivity contribution is 7.90. The lowest BCUT2D eigenvalue weighted by atomic mass is 10.2. The Morgan fingerprint density at radius 2 is 1.45 bits per heavy atom. The standard InChI is InChI=1S/C9H11Cl2N3O4S2/c1-4(10)9(11)5-2-6(12)8(20(14,17)18)3-7(5)19(13,15)16/h2-3H,12H2,1H3,(H2,13,15,16)(H2,14,17,18). The highest BCUT2D eigenvalue weighted by Crippen LogP contribution is 2.34. The van der Waals surface area contributed by atoms with Crippen molar-refractivity contribution >= 4 is 54.0 Å². The maximum absolute atomic E-state index is 11.5. The minimum Gasteiger partial charge on any atom is -0.398 e. The van der Waals surface area contributed by atoms with Gasteiger partial charge in [0, 0.05) is 10.6 Å². The van der Waals surface area contributed by atoms with Gasteiger partial charge >= 0.3 is 0 Å². The van der Waals surface area contributed by atoms with Gasteiger partial charge in [0.05, 0.1) is 15.6 Å². The molecule has 0 spiro atoms. The Morgan fingerprint density at radius 1 is 1.00 bits per heavy atom. The molecule has 0 atom stereocenters. The molecule has 1 aromatic carbocycles. The molecular formula is C9H11Cl2N3O4S2. The Morgan fingerprint density at radius 3 is 1.80 bits per heavy atom. The van der Waals surface area contributed by atoms with Crippen LogP contribution in [0.1, 0.15) is 12.5 Å². The van der Waals surface area contributed by atoms with Gasteiger partial charge in [-0.3, -0.25) is 0 Å². The van der Waals surface area contributed by atoms with Gasteiger partial charge in [-0.2, -0.15) is 0 Å². The number of hydrogen-bond donors (Lipinski definition) is 3. The Labute approximate surface area is 126 Å². The van der Waals surface area contributed by atoms with Crippen LogP contribution in [0.15, 0.2) is 27.0 Å². The largest absolute Gasteiger partial charge is 0.398 e. The van der Waals surface area contributed by atoms with Gasteiger partial charge in [-0.15, -0.1) is 0 Å². The SMILES string of the molecule is CC(Cl)=C(Cl)c1cc(N)c(S(N)(=O)=O)cc1S(N)(=O)=O. The van der Waals surface area contributed by atoms with Gasteiger partial charge in [-0.25, -0.2) is 27.1 Å². The van der Waals surface area contributed by atoms with Crippen LogP contribution in [0.5, 0.6) is 0 Å². The predicted octanol–water partition coefficient (Wildman–Crippen LogP) is 0.730. The number of nitrogens with two attached hydrogens (primary N) is 3. The van der Waals surface area contributed by atoms with E-state index in [1.165, 1.54) is 6.92 Å². The van der Waals surface area contributed by atoms with E-state index in [2.05, 4.69) is 0 Å². The average molecular weight is 360 g/mol. The molecule has 1 aromatic rings. The summed E-state index contributed by atoms with van der Waals surface area (Å²) in [6, 6.07) is 1.78. The zero-order chi connectivity index (χ0) is 15.9. The molecule has 0 saturated carbocycles. The smallest absolute Gasteiger partial charge is 0.240 e. The first-order valence-corrected chi connectivity index (χ1v) is 8.72. The molecule has 7 nitrogen and oxygen atoms in total. The zero-order valence-electron chi connectivity index (χ0n) is 10.1. The van der Waals surface area contributed by atoms with Crippen LogP contribution in [0.4, 0.5) is 5.69 Å². The van der Waals surface area contributed by atoms with E-state index in [1.54, 1.807) is 0 Å². The summed E-state index contributed by atoms with van der Waals surface area (Å²) in [6.45, 7) is 1.42. The summed E-state index contributed by atoms with van der Waals surface area (Å²) in [6.07, 6.45) is 0. The lowest BCUT2D eigenvalue weighted by molar-refractivity contribution is 0.596. The van der Waals surface area contributed by atoms with E-state index in [4.69, 9.17) is 39.2 Å². The molecule has 0 heterocycles. The fourth-order valence-corrected chi connectivity index (χ4v) is 3.22. The molecule has 0 bridgehead atoms. The van der Waals surface area contributed by atoms with Crippen molar-refractivity contribution in [2.75, 3.05) is 5.73 Å². The van der Waals surface area contributed by atoms with Crippen LogP contribution in [0.2, 0.25) is 0 Å². The van der Waals surface area contributed by atoms with E-state index in [0.29, 0.717) is 0 Å². The van der Waals surface area contributed by atoms with Gasteiger partial charge in [0.15, 0.2) is 0 Å². The lowest BCUT2D eigenvalue weighted by Gasteiger charge is -2.12. The molecule has 6 N–H and O–H groups in total. The van der Waals surface area contributed by atoms with Crippen LogP contribution in [0.25, 0.3) is 5.03 Å². The molecule has 0 fully saturated rings. The molecule has 0 aliphatic heterocycles. The number of hydrogen-bond acceptors (Lipinski definition) is 5. The number of benzene rings is 1. The maximum Gasteiger partial charge on any atom is 0.240 e. The molecule has 0 amide bonds. The monoisotopic (exact) mass is 359 g/mol. The molecular weight excluding hydrogens is 349 g/mol. The maximum atomic E-state index is 11.5. The second kappa shape index (κ2) is 5.51. The van der Waals surface area contributed by atoms with Crippen LogP contribution in [-0.4, -0.2) is 16.8 Å². The summed E-state index contributed by atoms with van der Waals surface area (Å²) in [5.74, 6) is 0. The third kappa shape index (κ3) is 3.62. The fourth-order valence-electron chi connectivity index (χ4n) is 1.42. The molecule has 0 unspecified atom stereocenters. The summed E-state index contributed by atoms with van der Waals surface area (Å²) in [5.41, 5.74) is 5.16. The van der Waals surface area contributed by atoms with Gasteiger partial charge in [-0.1, -0.05) is 23.2 Å². The summed E-state index contributed by atoms with van der Waals surface area (Å²) in [7, 11) is -8.48. The fraction of sp³-hybridized carbons (Fsp3) is 0.111. The number of primary sulfonamides is 2. The van der Waals surface area contributed by atoms with Crippen molar-refractivity contribution in [2.24, 2.45) is 10.3 Å². The number of rotatable bonds is 3. The van der Waals surface area contributed by atoms with Crippen molar-refractivity contribution in [3.63, 3.8) is 0 Å². The van der Waals surface area contributed by atoms with Gasteiger partial charge in [0.25, 0.3) is 0 Å². The molecule has 0 aliphatic carbocycles. The van der Waals surface area contributed by atoms with Crippen molar-refractivity contribution in [3.05, 3.63) is 22.7 Å². The van der Waals surface area contributed by atoms with Crippen molar-refractivity contribution in [2.45, 2.75) is 16.7 Å². The van der Waals surface area contributed by atoms with Crippen LogP contribution < -0.4 is 16.0 Å². The molecule has 112 valence electrons. The van der Waals surface area contributed by atoms with Crippen LogP contribution in [-0.2, 0) is 20.0 Å². The first-order valence-electron chi connectivity index (χ1n) is 4.87. The molecule has 0 radical (unpaired) electrons. The molecule has 1 rings (SSSR count). The van der Waals surface area contributed by atoms with Gasteiger partial charge in [0.2, 0.25) is 20.0 Å². The van der Waals surface area contributed by atoms with Crippen LogP contribution in [0, 0.1) is 0 Å². The first-order chi connectivity index (χ1) is 8.85. The Hall–Kier alpha value is -0.840. The average Bonchev–Trinajstić information content (AvgIpc) is 2.23. The molecule has 20 heavy (non-hydrogen) atoms. The number of sulfonamides is 2. The number of allylic oxidation sites excluding steroid dienone is 1. The number of halogens is 2. The van der Waals surface area contributed by atoms with Crippen molar-refractivity contribution in [1.29, 1.82) is 0 Å². The summed E-state index contributed by atoms with van der Waals surface area (Å²) in [4.78, 5) is -1.11. The van der Waals surface area contributed by atoms with Gasteiger partial charge in [-0.05, 0) is 19.1 Å². The molecule has 0 saturated heterocycles. The summed E-state index contributed by atoms with van der Waals surface area (Å²) < 4.78 is 45.8. The molecule has 0 aromatic heterocycles. The highest BCUT2D eigenvalue weighted by Gasteiger charge is 2.23. The highest BCUT2D eigenvalue weighted by atomic mass is 35.5. The van der Waals surface area contributed by atoms with Crippen molar-refractivity contribution in [3.8, 4) is 0 Å².